The lowest BCUT2D eigenvalue weighted by molar-refractivity contribution is 0.252. The molecule has 1 aromatic carbocycles. The molecule has 0 spiro atoms. The van der Waals surface area contributed by atoms with Gasteiger partial charge in [0.2, 0.25) is 0 Å². The molecule has 2 heterocycles. The summed E-state index contributed by atoms with van der Waals surface area (Å²) >= 11 is 6.40. The lowest BCUT2D eigenvalue weighted by Gasteiger charge is -2.36. The van der Waals surface area contributed by atoms with Gasteiger partial charge in [0, 0.05) is 36.5 Å². The van der Waals surface area contributed by atoms with Crippen LogP contribution in [0, 0.1) is 18.2 Å². The number of rotatable bonds is 4. The van der Waals surface area contributed by atoms with Crippen LogP contribution in [0.15, 0.2) is 30.5 Å². The highest BCUT2D eigenvalue weighted by atomic mass is 35.5. The number of fused-ring (bicyclic) bond motifs is 1. The van der Waals surface area contributed by atoms with Gasteiger partial charge in [0.15, 0.2) is 0 Å². The van der Waals surface area contributed by atoms with E-state index < -0.39 is 0 Å². The predicted molar refractivity (Wildman–Crippen MR) is 108 cm³/mol. The first-order valence-corrected chi connectivity index (χ1v) is 9.87. The van der Waals surface area contributed by atoms with Gasteiger partial charge in [-0.05, 0) is 49.4 Å². The van der Waals surface area contributed by atoms with Gasteiger partial charge in [-0.15, -0.1) is 0 Å². The molecule has 1 N–H and O–H groups in total. The van der Waals surface area contributed by atoms with Crippen LogP contribution < -0.4 is 5.32 Å². The maximum Gasteiger partial charge on any atom is 0.131 e. The molecule has 0 aliphatic heterocycles. The molecule has 1 aliphatic rings. The zero-order valence-corrected chi connectivity index (χ0v) is 17.4. The molecule has 0 fully saturated rings. The Labute approximate surface area is 169 Å². The van der Waals surface area contributed by atoms with Crippen LogP contribution in [0.25, 0.3) is 5.69 Å². The minimum atomic E-state index is -0.242. The smallest absolute Gasteiger partial charge is 0.131 e. The monoisotopic (exact) mass is 401 g/mol. The zero-order chi connectivity index (χ0) is 20.1. The molecule has 7 heteroatoms. The highest BCUT2D eigenvalue weighted by Crippen LogP contribution is 2.41. The fourth-order valence-electron chi connectivity index (χ4n) is 4.13. The number of hydrogen-bond acceptors (Lipinski definition) is 3. The van der Waals surface area contributed by atoms with Gasteiger partial charge in [-0.2, -0.15) is 10.2 Å². The fourth-order valence-corrected chi connectivity index (χ4v) is 4.37. The lowest BCUT2D eigenvalue weighted by Crippen LogP contribution is -2.33. The van der Waals surface area contributed by atoms with Crippen molar-refractivity contribution in [3.05, 3.63) is 63.9 Å². The van der Waals surface area contributed by atoms with Crippen molar-refractivity contribution in [2.24, 2.45) is 12.5 Å². The Hall–Kier alpha value is -2.18. The standard InChI is InChI=1S/C21H25ClFN5/c1-13-16(20(22)27(4)26-13)11-24-18-9-21(2,3)10-19-17(18)12-25-28(19)15-7-5-14(23)6-8-15/h5-8,12,18,24H,9-11H2,1-4H3/t18-/m0/s1. The number of halogens is 2. The third-order valence-corrected chi connectivity index (χ3v) is 6.02. The van der Waals surface area contributed by atoms with E-state index in [2.05, 4.69) is 29.4 Å². The Balaban J connectivity index is 1.65. The van der Waals surface area contributed by atoms with Crippen LogP contribution in [0.2, 0.25) is 5.15 Å². The van der Waals surface area contributed by atoms with Crippen LogP contribution in [0.4, 0.5) is 4.39 Å². The normalized spacial score (nSPS) is 18.3. The first kappa shape index (κ1) is 19.2. The second-order valence-electron chi connectivity index (χ2n) is 8.39. The van der Waals surface area contributed by atoms with E-state index in [1.54, 1.807) is 16.8 Å². The van der Waals surface area contributed by atoms with Crippen molar-refractivity contribution in [2.45, 2.75) is 46.2 Å². The van der Waals surface area contributed by atoms with E-state index in [1.807, 2.05) is 24.9 Å². The molecule has 2 aromatic heterocycles. The van der Waals surface area contributed by atoms with E-state index in [1.165, 1.54) is 23.4 Å². The van der Waals surface area contributed by atoms with Crippen molar-refractivity contribution in [3.8, 4) is 5.69 Å². The highest BCUT2D eigenvalue weighted by molar-refractivity contribution is 6.30. The molecule has 1 aliphatic carbocycles. The number of aryl methyl sites for hydroxylation is 2. The molecule has 0 amide bonds. The van der Waals surface area contributed by atoms with Crippen LogP contribution in [0.1, 0.15) is 48.8 Å². The predicted octanol–water partition coefficient (Wildman–Crippen LogP) is 4.51. The van der Waals surface area contributed by atoms with E-state index in [0.717, 1.165) is 29.8 Å². The van der Waals surface area contributed by atoms with Crippen LogP contribution in [-0.4, -0.2) is 19.6 Å². The number of nitrogens with one attached hydrogen (secondary N) is 1. The van der Waals surface area contributed by atoms with E-state index in [-0.39, 0.29) is 17.3 Å². The molecule has 0 saturated heterocycles. The van der Waals surface area contributed by atoms with E-state index >= 15 is 0 Å². The fraction of sp³-hybridized carbons (Fsp3) is 0.429. The molecule has 28 heavy (non-hydrogen) atoms. The third kappa shape index (κ3) is 3.47. The third-order valence-electron chi connectivity index (χ3n) is 5.55. The average molecular weight is 402 g/mol. The van der Waals surface area contributed by atoms with Crippen LogP contribution in [0.3, 0.4) is 0 Å². The first-order chi connectivity index (χ1) is 13.2. The van der Waals surface area contributed by atoms with Gasteiger partial charge >= 0.3 is 0 Å². The van der Waals surface area contributed by atoms with E-state index in [4.69, 9.17) is 11.6 Å². The molecule has 0 unspecified atom stereocenters. The van der Waals surface area contributed by atoms with Gasteiger partial charge < -0.3 is 5.32 Å². The molecule has 5 nitrogen and oxygen atoms in total. The Morgan fingerprint density at radius 1 is 1.29 bits per heavy atom. The van der Waals surface area contributed by atoms with Gasteiger partial charge in [-0.3, -0.25) is 4.68 Å². The van der Waals surface area contributed by atoms with Gasteiger partial charge in [-0.25, -0.2) is 9.07 Å². The largest absolute Gasteiger partial charge is 0.306 e. The molecule has 1 atom stereocenters. The summed E-state index contributed by atoms with van der Waals surface area (Å²) in [5, 5.41) is 13.4. The van der Waals surface area contributed by atoms with Crippen molar-refractivity contribution in [3.63, 3.8) is 0 Å². The Morgan fingerprint density at radius 3 is 2.64 bits per heavy atom. The summed E-state index contributed by atoms with van der Waals surface area (Å²) in [6, 6.07) is 6.65. The topological polar surface area (TPSA) is 47.7 Å². The lowest BCUT2D eigenvalue weighted by atomic mass is 9.74. The summed E-state index contributed by atoms with van der Waals surface area (Å²) in [6.45, 7) is 7.18. The van der Waals surface area contributed by atoms with Gasteiger partial charge in [-0.1, -0.05) is 25.4 Å². The van der Waals surface area contributed by atoms with Crippen LogP contribution in [-0.2, 0) is 20.0 Å². The van der Waals surface area contributed by atoms with Gasteiger partial charge in [0.25, 0.3) is 0 Å². The maximum absolute atomic E-state index is 13.3. The second kappa shape index (κ2) is 7.01. The van der Waals surface area contributed by atoms with Crippen molar-refractivity contribution in [2.75, 3.05) is 0 Å². The molecule has 0 bridgehead atoms. The molecular weight excluding hydrogens is 377 g/mol. The maximum atomic E-state index is 13.3. The summed E-state index contributed by atoms with van der Waals surface area (Å²) in [5.41, 5.74) is 5.34. The Morgan fingerprint density at radius 2 is 2.00 bits per heavy atom. The van der Waals surface area contributed by atoms with E-state index in [9.17, 15) is 4.39 Å². The van der Waals surface area contributed by atoms with Crippen LogP contribution in [0.5, 0.6) is 0 Å². The summed E-state index contributed by atoms with van der Waals surface area (Å²) in [5.74, 6) is -0.242. The number of benzene rings is 1. The minimum Gasteiger partial charge on any atom is -0.306 e. The number of hydrogen-bond donors (Lipinski definition) is 1. The zero-order valence-electron chi connectivity index (χ0n) is 16.6. The van der Waals surface area contributed by atoms with Gasteiger partial charge in [0.05, 0.1) is 17.6 Å². The van der Waals surface area contributed by atoms with Crippen molar-refractivity contribution >= 4 is 11.6 Å². The number of nitrogens with zero attached hydrogens (tertiary/aromatic N) is 4. The molecule has 4 rings (SSSR count). The molecule has 148 valence electrons. The Kier molecular flexibility index (Phi) is 4.79. The average Bonchev–Trinajstić information content (AvgIpc) is 3.14. The summed E-state index contributed by atoms with van der Waals surface area (Å²) in [7, 11) is 1.85. The van der Waals surface area contributed by atoms with Gasteiger partial charge in [0.1, 0.15) is 11.0 Å². The molecule has 0 radical (unpaired) electrons. The highest BCUT2D eigenvalue weighted by Gasteiger charge is 2.35. The summed E-state index contributed by atoms with van der Waals surface area (Å²) in [6.07, 6.45) is 3.86. The summed E-state index contributed by atoms with van der Waals surface area (Å²) in [4.78, 5) is 0. The SMILES string of the molecule is Cc1nn(C)c(Cl)c1CN[C@H]1CC(C)(C)Cc2c1cnn2-c1ccc(F)cc1. The Bertz CT molecular complexity index is 1000. The van der Waals surface area contributed by atoms with E-state index in [0.29, 0.717) is 11.7 Å². The first-order valence-electron chi connectivity index (χ1n) is 9.49. The molecule has 0 saturated carbocycles. The molecule has 3 aromatic rings. The summed E-state index contributed by atoms with van der Waals surface area (Å²) < 4.78 is 17.0. The second-order valence-corrected chi connectivity index (χ2v) is 8.75. The van der Waals surface area contributed by atoms with Crippen LogP contribution >= 0.6 is 11.6 Å². The minimum absolute atomic E-state index is 0.121. The van der Waals surface area contributed by atoms with Crippen molar-refractivity contribution < 1.29 is 4.39 Å². The van der Waals surface area contributed by atoms with Crippen molar-refractivity contribution in [1.82, 2.24) is 24.9 Å². The van der Waals surface area contributed by atoms with Crippen molar-refractivity contribution in [1.29, 1.82) is 0 Å². The molecular formula is C21H25ClFN5. The quantitative estimate of drug-likeness (QED) is 0.699. The number of aromatic nitrogens is 4.